The Kier molecular flexibility index (Phi) is 32.6. The Hall–Kier alpha value is -2.28. The van der Waals surface area contributed by atoms with E-state index in [2.05, 4.69) is 63.9 Å². The van der Waals surface area contributed by atoms with Crippen molar-refractivity contribution in [3.63, 3.8) is 0 Å². The van der Waals surface area contributed by atoms with E-state index in [0.29, 0.717) is 30.6 Å². The average molecular weight is 746 g/mol. The predicted molar refractivity (Wildman–Crippen MR) is 222 cm³/mol. The zero-order valence-electron chi connectivity index (χ0n) is 35.0. The van der Waals surface area contributed by atoms with Gasteiger partial charge in [-0.2, -0.15) is 0 Å². The molecule has 1 rings (SSSR count). The van der Waals surface area contributed by atoms with E-state index in [9.17, 15) is 9.59 Å². The molecule has 0 spiro atoms. The first-order valence-electron chi connectivity index (χ1n) is 22.2. The molecule has 53 heavy (non-hydrogen) atoms. The monoisotopic (exact) mass is 746 g/mol. The van der Waals surface area contributed by atoms with Crippen LogP contribution in [0.2, 0.25) is 0 Å². The second-order valence-electron chi connectivity index (χ2n) is 15.7. The molecule has 308 valence electrons. The van der Waals surface area contributed by atoms with Crippen LogP contribution in [0.3, 0.4) is 0 Å². The van der Waals surface area contributed by atoms with Crippen molar-refractivity contribution in [3.05, 3.63) is 36.6 Å². The molecular weight excluding hydrogens is 663 g/mol. The van der Waals surface area contributed by atoms with Gasteiger partial charge in [-0.05, 0) is 82.5 Å². The van der Waals surface area contributed by atoms with E-state index in [1.807, 2.05) is 0 Å². The van der Waals surface area contributed by atoms with Crippen molar-refractivity contribution in [2.45, 2.75) is 194 Å². The maximum Gasteiger partial charge on any atom is 0.407 e. The molecule has 0 aromatic heterocycles. The van der Waals surface area contributed by atoms with Gasteiger partial charge < -0.3 is 24.3 Å². The number of rotatable bonds is 38. The van der Waals surface area contributed by atoms with E-state index < -0.39 is 6.09 Å². The molecule has 3 atom stereocenters. The molecule has 0 heterocycles. The molecular formula is C46H83NO6. The molecule has 7 heteroatoms. The lowest BCUT2D eigenvalue weighted by atomic mass is 10.1. The summed E-state index contributed by atoms with van der Waals surface area (Å²) in [6.45, 7) is 14.9. The zero-order chi connectivity index (χ0) is 38.6. The molecule has 1 fully saturated rings. The number of esters is 1. The van der Waals surface area contributed by atoms with E-state index in [1.54, 1.807) is 0 Å². The van der Waals surface area contributed by atoms with E-state index in [1.165, 1.54) is 83.5 Å². The highest BCUT2D eigenvalue weighted by Crippen LogP contribution is 2.37. The lowest BCUT2D eigenvalue weighted by molar-refractivity contribution is -0.146. The van der Waals surface area contributed by atoms with Gasteiger partial charge in [0.05, 0.1) is 24.4 Å². The van der Waals surface area contributed by atoms with Crippen molar-refractivity contribution in [1.29, 1.82) is 0 Å². The molecule has 0 radical (unpaired) electrons. The lowest BCUT2D eigenvalue weighted by Gasteiger charge is -2.21. The van der Waals surface area contributed by atoms with Crippen molar-refractivity contribution in [1.82, 2.24) is 5.32 Å². The fourth-order valence-electron chi connectivity index (χ4n) is 6.32. The molecule has 0 aromatic carbocycles. The van der Waals surface area contributed by atoms with E-state index in [4.69, 9.17) is 18.9 Å². The summed E-state index contributed by atoms with van der Waals surface area (Å²) < 4.78 is 23.6. The Bertz CT molecular complexity index is 944. The van der Waals surface area contributed by atoms with Crippen LogP contribution in [0.4, 0.5) is 4.79 Å². The minimum absolute atomic E-state index is 0.117. The fourth-order valence-corrected chi connectivity index (χ4v) is 6.32. The van der Waals surface area contributed by atoms with Crippen molar-refractivity contribution in [3.8, 4) is 0 Å². The molecule has 0 bridgehead atoms. The van der Waals surface area contributed by atoms with Crippen LogP contribution in [0.1, 0.15) is 188 Å². The number of nitrogens with one attached hydrogen (secondary N) is 1. The maximum atomic E-state index is 12.6. The molecule has 0 saturated heterocycles. The average Bonchev–Trinajstić information content (AvgIpc) is 4.01. The Morgan fingerprint density at radius 1 is 0.679 bits per heavy atom. The van der Waals surface area contributed by atoms with Crippen LogP contribution >= 0.6 is 0 Å². The topological polar surface area (TPSA) is 83.1 Å². The van der Waals surface area contributed by atoms with Gasteiger partial charge >= 0.3 is 12.1 Å². The third kappa shape index (κ3) is 31.7. The Balaban J connectivity index is 2.38. The summed E-state index contributed by atoms with van der Waals surface area (Å²) in [4.78, 5) is 25.1. The highest BCUT2D eigenvalue weighted by Gasteiger charge is 2.31. The summed E-state index contributed by atoms with van der Waals surface area (Å²) in [7, 11) is 0. The number of carbonyl (C=O) groups is 2. The summed E-state index contributed by atoms with van der Waals surface area (Å²) in [5.41, 5.74) is 0. The summed E-state index contributed by atoms with van der Waals surface area (Å²) >= 11 is 0. The van der Waals surface area contributed by atoms with E-state index in [-0.39, 0.29) is 37.8 Å². The summed E-state index contributed by atoms with van der Waals surface area (Å²) in [5.74, 6) is 1.28. The van der Waals surface area contributed by atoms with Gasteiger partial charge in [-0.3, -0.25) is 4.79 Å². The molecule has 7 nitrogen and oxygen atoms in total. The number of carbonyl (C=O) groups excluding carboxylic acids is 2. The first kappa shape index (κ1) is 48.7. The van der Waals surface area contributed by atoms with Crippen LogP contribution in [0.5, 0.6) is 0 Å². The lowest BCUT2D eigenvalue weighted by Crippen LogP contribution is -2.32. The minimum atomic E-state index is -0.441. The first-order chi connectivity index (χ1) is 25.9. The van der Waals surface area contributed by atoms with Gasteiger partial charge in [-0.25, -0.2) is 4.79 Å². The zero-order valence-corrected chi connectivity index (χ0v) is 35.0. The van der Waals surface area contributed by atoms with Gasteiger partial charge in [-0.1, -0.05) is 136 Å². The molecule has 1 saturated carbocycles. The summed E-state index contributed by atoms with van der Waals surface area (Å²) in [6, 6.07) is 0. The van der Waals surface area contributed by atoms with Crippen molar-refractivity contribution in [2.24, 2.45) is 17.8 Å². The van der Waals surface area contributed by atoms with Crippen LogP contribution in [-0.2, 0) is 23.7 Å². The summed E-state index contributed by atoms with van der Waals surface area (Å²) in [5, 5.41) is 2.88. The third-order valence-electron chi connectivity index (χ3n) is 10.1. The third-order valence-corrected chi connectivity index (χ3v) is 10.1. The number of amides is 1. The number of alkyl carbamates (subject to hydrolysis) is 1. The maximum absolute atomic E-state index is 12.6. The number of hydrogen-bond acceptors (Lipinski definition) is 6. The smallest absolute Gasteiger partial charge is 0.407 e. The molecule has 0 aliphatic heterocycles. The summed E-state index contributed by atoms with van der Waals surface area (Å²) in [6.07, 6.45) is 37.0. The number of hydrogen-bond donors (Lipinski definition) is 1. The molecule has 1 aliphatic carbocycles. The molecule has 1 amide bonds. The second-order valence-corrected chi connectivity index (χ2v) is 15.7. The largest absolute Gasteiger partial charge is 0.498 e. The van der Waals surface area contributed by atoms with Gasteiger partial charge in [0.15, 0.2) is 0 Å². The number of ether oxygens (including phenoxy) is 4. The highest BCUT2D eigenvalue weighted by atomic mass is 16.6. The van der Waals surface area contributed by atoms with Crippen LogP contribution in [0.15, 0.2) is 36.6 Å². The van der Waals surface area contributed by atoms with Gasteiger partial charge in [0, 0.05) is 26.0 Å². The normalized spacial score (nSPS) is 14.7. The molecule has 1 aliphatic rings. The van der Waals surface area contributed by atoms with Crippen molar-refractivity contribution < 1.29 is 28.5 Å². The van der Waals surface area contributed by atoms with E-state index in [0.717, 1.165) is 77.2 Å². The SMILES string of the molecule is C=C(CCC(OCCCCCCCC)C1CC1)OCC(COC(=O)CCCCCCC/C=C\C/C=C\CCCCC)COC(=O)NCC(C)CCCC. The van der Waals surface area contributed by atoms with Crippen LogP contribution in [-0.4, -0.2) is 51.1 Å². The van der Waals surface area contributed by atoms with Gasteiger partial charge in [0.1, 0.15) is 13.2 Å². The molecule has 3 unspecified atom stereocenters. The van der Waals surface area contributed by atoms with Gasteiger partial charge in [0.2, 0.25) is 0 Å². The number of allylic oxidation sites excluding steroid dienone is 5. The van der Waals surface area contributed by atoms with E-state index >= 15 is 0 Å². The number of unbranched alkanes of at least 4 members (excludes halogenated alkanes) is 14. The standard InChI is InChI=1S/C46H83NO6/c1-6-9-12-14-16-17-18-19-20-21-22-23-24-25-27-30-45(48)52-38-42(39-53-46(49)47-36-40(4)29-11-8-3)37-51-41(5)31-34-44(43-32-33-43)50-35-28-26-15-13-10-7-2/h16-17,19-20,40,42-44H,5-15,18,21-39H2,1-4H3,(H,47,49)/b17-16-,20-19-. The second kappa shape index (κ2) is 35.4. The Morgan fingerprint density at radius 3 is 1.96 bits per heavy atom. The highest BCUT2D eigenvalue weighted by molar-refractivity contribution is 5.69. The fraction of sp³-hybridized carbons (Fsp3) is 0.826. The minimum Gasteiger partial charge on any atom is -0.498 e. The Morgan fingerprint density at radius 2 is 1.26 bits per heavy atom. The van der Waals surface area contributed by atoms with Gasteiger partial charge in [-0.15, -0.1) is 0 Å². The quantitative estimate of drug-likeness (QED) is 0.0293. The van der Waals surface area contributed by atoms with Crippen molar-refractivity contribution >= 4 is 12.1 Å². The van der Waals surface area contributed by atoms with Crippen molar-refractivity contribution in [2.75, 3.05) is 33.0 Å². The first-order valence-corrected chi connectivity index (χ1v) is 22.2. The van der Waals surface area contributed by atoms with Crippen LogP contribution in [0, 0.1) is 17.8 Å². The molecule has 0 aromatic rings. The van der Waals surface area contributed by atoms with Gasteiger partial charge in [0.25, 0.3) is 0 Å². The molecule has 1 N–H and O–H groups in total. The van der Waals surface area contributed by atoms with Crippen LogP contribution in [0.25, 0.3) is 0 Å². The van der Waals surface area contributed by atoms with Crippen LogP contribution < -0.4 is 5.32 Å². The predicted octanol–water partition coefficient (Wildman–Crippen LogP) is 13.0. The Labute approximate surface area is 326 Å².